The molecule has 0 bridgehead atoms. The number of aryl methyl sites for hydroxylation is 1. The number of anilines is 1. The summed E-state index contributed by atoms with van der Waals surface area (Å²) in [5.74, 6) is -0.953. The van der Waals surface area contributed by atoms with Gasteiger partial charge in [-0.15, -0.1) is 0 Å². The van der Waals surface area contributed by atoms with Gasteiger partial charge in [-0.1, -0.05) is 54.6 Å². The summed E-state index contributed by atoms with van der Waals surface area (Å²) in [6.07, 6.45) is 2.54. The van der Waals surface area contributed by atoms with Gasteiger partial charge in [-0.3, -0.25) is 9.59 Å². The number of carbonyl (C=O) groups is 2. The summed E-state index contributed by atoms with van der Waals surface area (Å²) in [7, 11) is 0. The SMILES string of the molecule is Nc1ccccc1C(NC(=O)Cc1ccc2[nH]cc(CCC(=O)O)c2c1)c1ccccc1. The number of hydrogen-bond donors (Lipinski definition) is 4. The van der Waals surface area contributed by atoms with Crippen LogP contribution in [0.25, 0.3) is 10.9 Å². The van der Waals surface area contributed by atoms with Crippen LogP contribution in [0, 0.1) is 0 Å². The maximum atomic E-state index is 13.0. The third-order valence-electron chi connectivity index (χ3n) is 5.55. The zero-order valence-corrected chi connectivity index (χ0v) is 17.5. The first-order chi connectivity index (χ1) is 15.5. The topological polar surface area (TPSA) is 108 Å². The van der Waals surface area contributed by atoms with Crippen LogP contribution in [0.4, 0.5) is 5.69 Å². The van der Waals surface area contributed by atoms with E-state index in [0.29, 0.717) is 12.1 Å². The van der Waals surface area contributed by atoms with Crippen LogP contribution < -0.4 is 11.1 Å². The summed E-state index contributed by atoms with van der Waals surface area (Å²) in [4.78, 5) is 27.1. The van der Waals surface area contributed by atoms with Crippen molar-refractivity contribution in [2.45, 2.75) is 25.3 Å². The average Bonchev–Trinajstić information content (AvgIpc) is 3.19. The molecule has 4 aromatic rings. The van der Waals surface area contributed by atoms with Crippen LogP contribution in [0.2, 0.25) is 0 Å². The molecule has 32 heavy (non-hydrogen) atoms. The molecule has 0 aliphatic heterocycles. The Morgan fingerprint density at radius 1 is 1.00 bits per heavy atom. The first-order valence-electron chi connectivity index (χ1n) is 10.5. The zero-order valence-electron chi connectivity index (χ0n) is 17.5. The van der Waals surface area contributed by atoms with E-state index in [1.54, 1.807) is 0 Å². The Balaban J connectivity index is 1.56. The minimum atomic E-state index is -0.831. The maximum absolute atomic E-state index is 13.0. The van der Waals surface area contributed by atoms with Crippen molar-refractivity contribution in [3.8, 4) is 0 Å². The van der Waals surface area contributed by atoms with Crippen molar-refractivity contribution in [2.75, 3.05) is 5.73 Å². The van der Waals surface area contributed by atoms with Crippen LogP contribution in [0.1, 0.15) is 34.7 Å². The lowest BCUT2D eigenvalue weighted by Crippen LogP contribution is -2.31. The van der Waals surface area contributed by atoms with Gasteiger partial charge in [0.25, 0.3) is 0 Å². The van der Waals surface area contributed by atoms with E-state index < -0.39 is 5.97 Å². The molecule has 5 N–H and O–H groups in total. The predicted octanol–water partition coefficient (Wildman–Crippen LogP) is 4.22. The number of H-pyrrole nitrogens is 1. The molecule has 1 aromatic heterocycles. The molecule has 0 saturated carbocycles. The zero-order chi connectivity index (χ0) is 22.5. The Hall–Kier alpha value is -4.06. The number of fused-ring (bicyclic) bond motifs is 1. The molecule has 6 nitrogen and oxygen atoms in total. The Bertz CT molecular complexity index is 1250. The average molecular weight is 428 g/mol. The van der Waals surface area contributed by atoms with Crippen molar-refractivity contribution < 1.29 is 14.7 Å². The van der Waals surface area contributed by atoms with Gasteiger partial charge >= 0.3 is 5.97 Å². The van der Waals surface area contributed by atoms with Gasteiger partial charge in [-0.05, 0) is 41.3 Å². The molecule has 6 heteroatoms. The Morgan fingerprint density at radius 3 is 2.50 bits per heavy atom. The molecule has 0 spiro atoms. The van der Waals surface area contributed by atoms with E-state index in [1.807, 2.05) is 79.0 Å². The van der Waals surface area contributed by atoms with Gasteiger partial charge in [0.1, 0.15) is 0 Å². The summed E-state index contributed by atoms with van der Waals surface area (Å²) in [6, 6.07) is 22.7. The van der Waals surface area contributed by atoms with Gasteiger partial charge in [0.15, 0.2) is 0 Å². The number of nitrogen functional groups attached to an aromatic ring is 1. The Morgan fingerprint density at radius 2 is 1.75 bits per heavy atom. The Labute approximate surface area is 186 Å². The quantitative estimate of drug-likeness (QED) is 0.316. The highest BCUT2D eigenvalue weighted by molar-refractivity contribution is 5.86. The molecule has 162 valence electrons. The van der Waals surface area contributed by atoms with Crippen LogP contribution >= 0.6 is 0 Å². The van der Waals surface area contributed by atoms with E-state index >= 15 is 0 Å². The molecule has 0 aliphatic rings. The van der Waals surface area contributed by atoms with Crippen molar-refractivity contribution in [3.63, 3.8) is 0 Å². The maximum Gasteiger partial charge on any atom is 0.303 e. The number of rotatable bonds is 8. The van der Waals surface area contributed by atoms with Gasteiger partial charge in [-0.25, -0.2) is 0 Å². The number of benzene rings is 3. The second-order valence-electron chi connectivity index (χ2n) is 7.80. The normalized spacial score (nSPS) is 11.9. The van der Waals surface area contributed by atoms with Crippen molar-refractivity contribution in [1.29, 1.82) is 0 Å². The van der Waals surface area contributed by atoms with E-state index in [0.717, 1.165) is 33.2 Å². The van der Waals surface area contributed by atoms with E-state index in [2.05, 4.69) is 10.3 Å². The second kappa shape index (κ2) is 9.39. The smallest absolute Gasteiger partial charge is 0.303 e. The summed E-state index contributed by atoms with van der Waals surface area (Å²) in [5, 5.41) is 13.1. The molecule has 4 rings (SSSR count). The minimum Gasteiger partial charge on any atom is -0.481 e. The number of aliphatic carboxylic acids is 1. The molecule has 0 fully saturated rings. The molecule has 1 atom stereocenters. The molecule has 0 radical (unpaired) electrons. The van der Waals surface area contributed by atoms with Crippen molar-refractivity contribution in [2.24, 2.45) is 0 Å². The first kappa shape index (κ1) is 21.2. The number of nitrogens with one attached hydrogen (secondary N) is 2. The van der Waals surface area contributed by atoms with Gasteiger partial charge in [0.2, 0.25) is 5.91 Å². The van der Waals surface area contributed by atoms with Gasteiger partial charge < -0.3 is 21.1 Å². The van der Waals surface area contributed by atoms with Crippen LogP contribution in [0.3, 0.4) is 0 Å². The van der Waals surface area contributed by atoms with Crippen LogP contribution in [-0.4, -0.2) is 22.0 Å². The molecular formula is C26H25N3O3. The largest absolute Gasteiger partial charge is 0.481 e. The van der Waals surface area contributed by atoms with E-state index in [1.165, 1.54) is 0 Å². The van der Waals surface area contributed by atoms with E-state index in [4.69, 9.17) is 10.8 Å². The molecule has 1 heterocycles. The number of carboxylic acid groups (broad SMARTS) is 1. The van der Waals surface area contributed by atoms with Crippen molar-refractivity contribution >= 4 is 28.5 Å². The third kappa shape index (κ3) is 4.81. The number of hydrogen-bond acceptors (Lipinski definition) is 3. The number of amides is 1. The van der Waals surface area contributed by atoms with E-state index in [-0.39, 0.29) is 24.8 Å². The fraction of sp³-hybridized carbons (Fsp3) is 0.154. The fourth-order valence-corrected chi connectivity index (χ4v) is 3.94. The van der Waals surface area contributed by atoms with Crippen molar-refractivity contribution in [1.82, 2.24) is 10.3 Å². The lowest BCUT2D eigenvalue weighted by molar-refractivity contribution is -0.137. The Kier molecular flexibility index (Phi) is 6.22. The molecule has 3 aromatic carbocycles. The second-order valence-corrected chi connectivity index (χ2v) is 7.80. The molecule has 0 saturated heterocycles. The molecule has 1 unspecified atom stereocenters. The number of carboxylic acids is 1. The fourth-order valence-electron chi connectivity index (χ4n) is 3.94. The predicted molar refractivity (Wildman–Crippen MR) is 125 cm³/mol. The summed E-state index contributed by atoms with van der Waals surface area (Å²) >= 11 is 0. The van der Waals surface area contributed by atoms with Crippen LogP contribution in [0.5, 0.6) is 0 Å². The first-order valence-corrected chi connectivity index (χ1v) is 10.5. The monoisotopic (exact) mass is 427 g/mol. The molecule has 0 aliphatic carbocycles. The molecular weight excluding hydrogens is 402 g/mol. The van der Waals surface area contributed by atoms with Crippen LogP contribution in [0.15, 0.2) is 79.0 Å². The summed E-state index contributed by atoms with van der Waals surface area (Å²) in [6.45, 7) is 0. The van der Waals surface area contributed by atoms with Gasteiger partial charge in [-0.2, -0.15) is 0 Å². The summed E-state index contributed by atoms with van der Waals surface area (Å²) in [5.41, 5.74) is 11.4. The van der Waals surface area contributed by atoms with Gasteiger partial charge in [0.05, 0.1) is 12.5 Å². The summed E-state index contributed by atoms with van der Waals surface area (Å²) < 4.78 is 0. The van der Waals surface area contributed by atoms with E-state index in [9.17, 15) is 9.59 Å². The number of para-hydroxylation sites is 1. The highest BCUT2D eigenvalue weighted by atomic mass is 16.4. The minimum absolute atomic E-state index is 0.0644. The number of nitrogens with two attached hydrogens (primary N) is 1. The van der Waals surface area contributed by atoms with Crippen molar-refractivity contribution in [3.05, 3.63) is 101 Å². The number of carbonyl (C=O) groups excluding carboxylic acids is 1. The lowest BCUT2D eigenvalue weighted by atomic mass is 9.96. The number of aromatic nitrogens is 1. The third-order valence-corrected chi connectivity index (χ3v) is 5.55. The van der Waals surface area contributed by atoms with Crippen LogP contribution in [-0.2, 0) is 22.4 Å². The molecule has 1 amide bonds. The highest BCUT2D eigenvalue weighted by Gasteiger charge is 2.19. The van der Waals surface area contributed by atoms with Gasteiger partial charge in [0, 0.05) is 34.8 Å². The highest BCUT2D eigenvalue weighted by Crippen LogP contribution is 2.27. The standard InChI is InChI=1S/C26H25N3O3/c27-22-9-5-4-8-20(22)26(18-6-2-1-3-7-18)29-24(30)15-17-10-12-23-21(14-17)19(16-28-23)11-13-25(31)32/h1-10,12,14,16,26,28H,11,13,15,27H2,(H,29,30)(H,31,32). The lowest BCUT2D eigenvalue weighted by Gasteiger charge is -2.21. The number of aromatic amines is 1.